The van der Waals surface area contributed by atoms with Crippen LogP contribution in [0.1, 0.15) is 18.8 Å². The third-order valence-electron chi connectivity index (χ3n) is 1.66. The van der Waals surface area contributed by atoms with Crippen molar-refractivity contribution >= 4 is 0 Å². The van der Waals surface area contributed by atoms with Crippen molar-refractivity contribution in [2.45, 2.75) is 19.2 Å². The Morgan fingerprint density at radius 1 is 1.54 bits per heavy atom. The van der Waals surface area contributed by atoms with Crippen LogP contribution >= 0.6 is 0 Å². The van der Waals surface area contributed by atoms with E-state index in [4.69, 9.17) is 9.84 Å². The minimum Gasteiger partial charge on any atom is -0.481 e. The summed E-state index contributed by atoms with van der Waals surface area (Å²) in [6, 6.07) is 4.77. The number of methoxy groups -OCH3 is 1. The van der Waals surface area contributed by atoms with Crippen molar-refractivity contribution in [2.24, 2.45) is 0 Å². The lowest BCUT2D eigenvalue weighted by molar-refractivity contribution is 0.0904. The van der Waals surface area contributed by atoms with Crippen LogP contribution in [-0.2, 0) is 0 Å². The maximum Gasteiger partial charge on any atom is 0.213 e. The first-order valence-electron chi connectivity index (χ1n) is 3.98. The molecule has 0 aromatic carbocycles. The quantitative estimate of drug-likeness (QED) is 0.775. The molecule has 0 amide bonds. The topological polar surface area (TPSA) is 42.4 Å². The van der Waals surface area contributed by atoms with Crippen LogP contribution in [0.5, 0.6) is 5.88 Å². The molecule has 0 radical (unpaired) electrons. The van der Waals surface area contributed by atoms with E-state index in [9.17, 15) is 4.39 Å². The van der Waals surface area contributed by atoms with E-state index in [0.29, 0.717) is 5.88 Å². The summed E-state index contributed by atoms with van der Waals surface area (Å²) in [5.41, 5.74) is 0.189. The molecule has 1 heterocycles. The van der Waals surface area contributed by atoms with Gasteiger partial charge in [-0.2, -0.15) is 0 Å². The molecule has 1 aromatic heterocycles. The maximum absolute atomic E-state index is 13.2. The number of aromatic nitrogens is 1. The largest absolute Gasteiger partial charge is 0.481 e. The van der Waals surface area contributed by atoms with Crippen molar-refractivity contribution in [3.63, 3.8) is 0 Å². The number of hydrogen-bond acceptors (Lipinski definition) is 3. The standard InChI is InChI=1S/C9H12FNO2/c1-6(12)9(10)7-4-3-5-8(11-7)13-2/h3-6,9,12H,1-2H3/t6-,9-/m0/s1. The van der Waals surface area contributed by atoms with Gasteiger partial charge in [0.1, 0.15) is 0 Å². The van der Waals surface area contributed by atoms with Gasteiger partial charge in [-0.3, -0.25) is 0 Å². The van der Waals surface area contributed by atoms with Crippen LogP contribution in [0.4, 0.5) is 4.39 Å². The molecule has 0 aliphatic rings. The molecule has 0 aliphatic carbocycles. The van der Waals surface area contributed by atoms with Gasteiger partial charge >= 0.3 is 0 Å². The summed E-state index contributed by atoms with van der Waals surface area (Å²) in [5, 5.41) is 8.98. The summed E-state index contributed by atoms with van der Waals surface area (Å²) >= 11 is 0. The Labute approximate surface area is 76.2 Å². The van der Waals surface area contributed by atoms with Crippen LogP contribution in [-0.4, -0.2) is 23.3 Å². The first-order valence-corrected chi connectivity index (χ1v) is 3.98. The van der Waals surface area contributed by atoms with Crippen molar-refractivity contribution in [3.8, 4) is 5.88 Å². The van der Waals surface area contributed by atoms with Crippen molar-refractivity contribution < 1.29 is 14.2 Å². The number of halogens is 1. The molecule has 0 saturated carbocycles. The Hall–Kier alpha value is -1.16. The van der Waals surface area contributed by atoms with Gasteiger partial charge in [0.05, 0.1) is 18.9 Å². The number of aliphatic hydroxyl groups excluding tert-OH is 1. The van der Waals surface area contributed by atoms with Gasteiger partial charge in [-0.25, -0.2) is 9.37 Å². The van der Waals surface area contributed by atoms with Gasteiger partial charge in [0, 0.05) is 6.07 Å². The third kappa shape index (κ3) is 2.39. The Kier molecular flexibility index (Phi) is 3.19. The molecule has 1 aromatic rings. The number of aliphatic hydroxyl groups is 1. The molecule has 0 aliphatic heterocycles. The zero-order valence-corrected chi connectivity index (χ0v) is 7.57. The zero-order chi connectivity index (χ0) is 9.84. The molecule has 72 valence electrons. The predicted molar refractivity (Wildman–Crippen MR) is 46.3 cm³/mol. The number of pyridine rings is 1. The van der Waals surface area contributed by atoms with Crippen LogP contribution in [0.15, 0.2) is 18.2 Å². The fourth-order valence-electron chi connectivity index (χ4n) is 0.945. The highest BCUT2D eigenvalue weighted by molar-refractivity contribution is 5.17. The lowest BCUT2D eigenvalue weighted by atomic mass is 10.2. The van der Waals surface area contributed by atoms with Crippen molar-refractivity contribution in [2.75, 3.05) is 7.11 Å². The fourth-order valence-corrected chi connectivity index (χ4v) is 0.945. The second-order valence-electron chi connectivity index (χ2n) is 2.75. The van der Waals surface area contributed by atoms with Crippen LogP contribution in [0, 0.1) is 0 Å². The summed E-state index contributed by atoms with van der Waals surface area (Å²) in [7, 11) is 1.46. The Bertz CT molecular complexity index is 278. The lowest BCUT2D eigenvalue weighted by Gasteiger charge is -2.10. The molecule has 0 fully saturated rings. The first-order chi connectivity index (χ1) is 6.15. The molecule has 1 N–H and O–H groups in total. The first kappa shape index (κ1) is 9.92. The van der Waals surface area contributed by atoms with E-state index in [-0.39, 0.29) is 5.69 Å². The van der Waals surface area contributed by atoms with Crippen LogP contribution in [0.2, 0.25) is 0 Å². The molecule has 4 heteroatoms. The highest BCUT2D eigenvalue weighted by atomic mass is 19.1. The average Bonchev–Trinajstić information content (AvgIpc) is 2.16. The van der Waals surface area contributed by atoms with Crippen molar-refractivity contribution in [1.29, 1.82) is 0 Å². The summed E-state index contributed by atoms with van der Waals surface area (Å²) in [6.07, 6.45) is -2.52. The minimum atomic E-state index is -1.46. The van der Waals surface area contributed by atoms with E-state index in [2.05, 4.69) is 4.98 Å². The number of rotatable bonds is 3. The summed E-state index contributed by atoms with van der Waals surface area (Å²) < 4.78 is 18.0. The maximum atomic E-state index is 13.2. The fraction of sp³-hybridized carbons (Fsp3) is 0.444. The number of nitrogens with zero attached hydrogens (tertiary/aromatic N) is 1. The Morgan fingerprint density at radius 2 is 2.23 bits per heavy atom. The van der Waals surface area contributed by atoms with Crippen molar-refractivity contribution in [3.05, 3.63) is 23.9 Å². The van der Waals surface area contributed by atoms with E-state index in [1.807, 2.05) is 0 Å². The monoisotopic (exact) mass is 185 g/mol. The van der Waals surface area contributed by atoms with Gasteiger partial charge in [-0.05, 0) is 13.0 Å². The van der Waals surface area contributed by atoms with Gasteiger partial charge in [0.2, 0.25) is 5.88 Å². The molecule has 1 rings (SSSR count). The van der Waals surface area contributed by atoms with E-state index in [0.717, 1.165) is 0 Å². The Balaban J connectivity index is 2.88. The Morgan fingerprint density at radius 3 is 2.77 bits per heavy atom. The molecule has 3 nitrogen and oxygen atoms in total. The molecule has 2 atom stereocenters. The molecular formula is C9H12FNO2. The molecule has 0 unspecified atom stereocenters. The third-order valence-corrected chi connectivity index (χ3v) is 1.66. The highest BCUT2D eigenvalue weighted by Crippen LogP contribution is 2.20. The normalized spacial score (nSPS) is 15.1. The molecule has 13 heavy (non-hydrogen) atoms. The van der Waals surface area contributed by atoms with Gasteiger partial charge in [0.25, 0.3) is 0 Å². The highest BCUT2D eigenvalue weighted by Gasteiger charge is 2.17. The predicted octanol–water partition coefficient (Wildman–Crippen LogP) is 1.48. The summed E-state index contributed by atoms with van der Waals surface area (Å²) in [6.45, 7) is 1.38. The van der Waals surface area contributed by atoms with Gasteiger partial charge in [0.15, 0.2) is 6.17 Å². The van der Waals surface area contributed by atoms with Crippen LogP contribution < -0.4 is 4.74 Å². The van der Waals surface area contributed by atoms with E-state index >= 15 is 0 Å². The second-order valence-corrected chi connectivity index (χ2v) is 2.75. The summed E-state index contributed by atoms with van der Waals surface area (Å²) in [4.78, 5) is 3.86. The lowest BCUT2D eigenvalue weighted by Crippen LogP contribution is -2.11. The summed E-state index contributed by atoms with van der Waals surface area (Å²) in [5.74, 6) is 0.348. The smallest absolute Gasteiger partial charge is 0.213 e. The minimum absolute atomic E-state index is 0.189. The van der Waals surface area contributed by atoms with Crippen molar-refractivity contribution in [1.82, 2.24) is 4.98 Å². The van der Waals surface area contributed by atoms with E-state index in [1.54, 1.807) is 12.1 Å². The van der Waals surface area contributed by atoms with Crippen LogP contribution in [0.3, 0.4) is 0 Å². The van der Waals surface area contributed by atoms with E-state index in [1.165, 1.54) is 20.1 Å². The zero-order valence-electron chi connectivity index (χ0n) is 7.57. The number of ether oxygens (including phenoxy) is 1. The number of alkyl halides is 1. The molecule has 0 saturated heterocycles. The molecular weight excluding hydrogens is 173 g/mol. The van der Waals surface area contributed by atoms with Gasteiger partial charge in [-0.15, -0.1) is 0 Å². The van der Waals surface area contributed by atoms with Gasteiger partial charge < -0.3 is 9.84 Å². The molecule has 0 spiro atoms. The number of hydrogen-bond donors (Lipinski definition) is 1. The average molecular weight is 185 g/mol. The van der Waals surface area contributed by atoms with Crippen LogP contribution in [0.25, 0.3) is 0 Å². The SMILES string of the molecule is COc1cccc([C@@H](F)[C@H](C)O)n1. The van der Waals surface area contributed by atoms with Gasteiger partial charge in [-0.1, -0.05) is 6.07 Å². The molecule has 0 bridgehead atoms. The van der Waals surface area contributed by atoms with E-state index < -0.39 is 12.3 Å². The second kappa shape index (κ2) is 4.18.